The first kappa shape index (κ1) is 37.4. The maximum absolute atomic E-state index is 14.8. The Bertz CT molecular complexity index is 2200. The molecule has 0 aliphatic carbocycles. The minimum absolute atomic E-state index is 0. The molecule has 5 heterocycles. The van der Waals surface area contributed by atoms with Gasteiger partial charge in [0.2, 0.25) is 0 Å². The van der Waals surface area contributed by atoms with Gasteiger partial charge in [-0.25, -0.2) is 4.98 Å². The number of benzene rings is 3. The molecule has 1 saturated heterocycles. The Labute approximate surface area is 326 Å². The molecule has 54 heavy (non-hydrogen) atoms. The second kappa shape index (κ2) is 15.5. The number of ether oxygens (including phenoxy) is 1. The van der Waals surface area contributed by atoms with Gasteiger partial charge in [-0.05, 0) is 97.5 Å². The van der Waals surface area contributed by atoms with Crippen molar-refractivity contribution in [2.45, 2.75) is 39.3 Å². The zero-order valence-electron chi connectivity index (χ0n) is 30.7. The van der Waals surface area contributed by atoms with E-state index in [1.54, 1.807) is 47.5 Å². The van der Waals surface area contributed by atoms with Crippen molar-refractivity contribution < 1.29 is 19.4 Å². The summed E-state index contributed by atoms with van der Waals surface area (Å²) < 4.78 is 7.53. The van der Waals surface area contributed by atoms with Gasteiger partial charge in [-0.15, -0.1) is 12.4 Å². The van der Waals surface area contributed by atoms with E-state index >= 15 is 0 Å². The largest absolute Gasteiger partial charge is 0.508 e. The van der Waals surface area contributed by atoms with Gasteiger partial charge in [-0.3, -0.25) is 19.4 Å². The molecule has 3 aliphatic heterocycles. The molecule has 0 spiro atoms. The number of carbonyl (C=O) groups is 2. The molecule has 1 N–H and O–H groups in total. The topological polar surface area (TPSA) is 94.4 Å². The number of nitrogens with zero attached hydrogens (tertiary/aromatic N) is 6. The van der Waals surface area contributed by atoms with Crippen molar-refractivity contribution in [3.05, 3.63) is 129 Å². The van der Waals surface area contributed by atoms with Gasteiger partial charge >= 0.3 is 0 Å². The molecule has 0 unspecified atom stereocenters. The fraction of sp³-hybridized carbons (Fsp3) is 0.310. The maximum atomic E-state index is 14.8. The van der Waals surface area contributed by atoms with Gasteiger partial charge in [-0.1, -0.05) is 35.9 Å². The van der Waals surface area contributed by atoms with Crippen LogP contribution < -0.4 is 9.80 Å². The second-order valence-electron chi connectivity index (χ2n) is 14.3. The predicted molar refractivity (Wildman–Crippen MR) is 214 cm³/mol. The number of anilines is 3. The quantitative estimate of drug-likeness (QED) is 0.188. The Balaban J connectivity index is 0.00000450. The average Bonchev–Trinajstić information content (AvgIpc) is 3.69. The summed E-state index contributed by atoms with van der Waals surface area (Å²) in [5, 5.41) is 10.6. The maximum Gasteiger partial charge on any atom is 0.264 e. The molecular weight excluding hydrogens is 723 g/mol. The Morgan fingerprint density at radius 1 is 0.926 bits per heavy atom. The Hall–Kier alpha value is -4.87. The lowest BCUT2D eigenvalue weighted by molar-refractivity contribution is 0.0193. The van der Waals surface area contributed by atoms with Gasteiger partial charge in [0.25, 0.3) is 11.8 Å². The number of hydrogen-bond donors (Lipinski definition) is 1. The van der Waals surface area contributed by atoms with Crippen LogP contribution in [0.4, 0.5) is 17.2 Å². The lowest BCUT2D eigenvalue weighted by atomic mass is 9.92. The summed E-state index contributed by atoms with van der Waals surface area (Å²) >= 11 is 6.66. The number of pyridine rings is 1. The average molecular weight is 768 g/mol. The van der Waals surface area contributed by atoms with Crippen LogP contribution in [0.3, 0.4) is 0 Å². The van der Waals surface area contributed by atoms with E-state index in [4.69, 9.17) is 21.3 Å². The fourth-order valence-corrected chi connectivity index (χ4v) is 8.08. The SMILES string of the molecule is Cc1c(C(=O)N(c2ccc(O)cc2)c2cnc3c(c2)CCN3C)cn(-c2cc(Cl)ccc2C(=O)N2Cc3ccccc3C[C@H]2CN2CCOCC2)c1C.Cl. The number of amides is 2. The highest BCUT2D eigenvalue weighted by molar-refractivity contribution is 6.31. The van der Waals surface area contributed by atoms with Crippen molar-refractivity contribution in [1.29, 1.82) is 0 Å². The molecule has 10 nitrogen and oxygen atoms in total. The number of rotatable bonds is 7. The molecule has 0 bridgehead atoms. The highest BCUT2D eigenvalue weighted by Gasteiger charge is 2.34. The molecule has 2 amide bonds. The Kier molecular flexibility index (Phi) is 10.7. The highest BCUT2D eigenvalue weighted by Crippen LogP contribution is 2.36. The number of phenols is 1. The number of halogens is 2. The number of hydrogen-bond acceptors (Lipinski definition) is 7. The van der Waals surface area contributed by atoms with Crippen LogP contribution in [-0.4, -0.2) is 88.8 Å². The van der Waals surface area contributed by atoms with Crippen LogP contribution in [0.15, 0.2) is 85.2 Å². The van der Waals surface area contributed by atoms with Crippen LogP contribution in [0.2, 0.25) is 5.02 Å². The molecule has 1 fully saturated rings. The second-order valence-corrected chi connectivity index (χ2v) is 14.7. The zero-order chi connectivity index (χ0) is 36.8. The van der Waals surface area contributed by atoms with Gasteiger partial charge < -0.3 is 24.2 Å². The molecule has 12 heteroatoms. The number of phenolic OH excluding ortho intramolecular Hbond substituents is 1. The van der Waals surface area contributed by atoms with Gasteiger partial charge in [0.1, 0.15) is 11.6 Å². The zero-order valence-corrected chi connectivity index (χ0v) is 32.2. The smallest absolute Gasteiger partial charge is 0.264 e. The van der Waals surface area contributed by atoms with E-state index < -0.39 is 0 Å². The first-order valence-electron chi connectivity index (χ1n) is 18.2. The molecule has 8 rings (SSSR count). The van der Waals surface area contributed by atoms with Gasteiger partial charge in [-0.2, -0.15) is 0 Å². The number of morpholine rings is 1. The fourth-order valence-electron chi connectivity index (χ4n) is 7.91. The van der Waals surface area contributed by atoms with Crippen molar-refractivity contribution in [2.24, 2.45) is 0 Å². The normalized spacial score (nSPS) is 16.8. The minimum Gasteiger partial charge on any atom is -0.508 e. The van der Waals surface area contributed by atoms with Crippen molar-refractivity contribution in [3.8, 4) is 11.4 Å². The Morgan fingerprint density at radius 2 is 1.67 bits per heavy atom. The molecule has 5 aromatic rings. The van der Waals surface area contributed by atoms with Crippen LogP contribution in [0.5, 0.6) is 5.75 Å². The first-order valence-corrected chi connectivity index (χ1v) is 18.5. The number of likely N-dealkylation sites (N-methyl/N-ethyl adjacent to an activating group) is 1. The summed E-state index contributed by atoms with van der Waals surface area (Å²) in [6.07, 6.45) is 5.14. The molecular formula is C42H44Cl2N6O4. The third-order valence-electron chi connectivity index (χ3n) is 11.0. The molecule has 280 valence electrons. The molecule has 1 atom stereocenters. The van der Waals surface area contributed by atoms with E-state index in [0.717, 1.165) is 67.2 Å². The van der Waals surface area contributed by atoms with Crippen molar-refractivity contribution in [2.75, 3.05) is 56.2 Å². The summed E-state index contributed by atoms with van der Waals surface area (Å²) in [5.41, 5.74) is 7.93. The van der Waals surface area contributed by atoms with Crippen LogP contribution in [0.1, 0.15) is 48.7 Å². The van der Waals surface area contributed by atoms with Crippen LogP contribution in [0.25, 0.3) is 5.69 Å². The van der Waals surface area contributed by atoms with Crippen molar-refractivity contribution in [1.82, 2.24) is 19.4 Å². The first-order chi connectivity index (χ1) is 25.7. The van der Waals surface area contributed by atoms with E-state index in [-0.39, 0.29) is 36.0 Å². The lowest BCUT2D eigenvalue weighted by Crippen LogP contribution is -2.52. The summed E-state index contributed by atoms with van der Waals surface area (Å²) in [4.78, 5) is 42.5. The highest BCUT2D eigenvalue weighted by atomic mass is 35.5. The standard InChI is InChI=1S/C42H43ClN6O4.ClH/c1-27-28(2)47(26-38(27)42(52)49(33-9-11-36(50)12-10-33)34-21-30-14-15-45(3)40(30)44-23-34)39-22-32(43)8-13-37(39)41(51)48-24-31-7-5-4-6-29(31)20-35(48)25-46-16-18-53-19-17-46;/h4-13,21-23,26,35,50H,14-20,24-25H2,1-3H3;1H/t35-;/m0./s1. The van der Waals surface area contributed by atoms with Gasteiger partial charge in [0.05, 0.1) is 41.9 Å². The summed E-state index contributed by atoms with van der Waals surface area (Å²) in [6.45, 7) is 9.06. The van der Waals surface area contributed by atoms with Gasteiger partial charge in [0.15, 0.2) is 0 Å². The van der Waals surface area contributed by atoms with E-state index in [0.29, 0.717) is 53.0 Å². The van der Waals surface area contributed by atoms with Crippen molar-refractivity contribution in [3.63, 3.8) is 0 Å². The minimum atomic E-state index is -0.253. The number of aromatic hydroxyl groups is 1. The lowest BCUT2D eigenvalue weighted by Gasteiger charge is -2.40. The number of carbonyl (C=O) groups excluding carboxylic acids is 2. The summed E-state index contributed by atoms with van der Waals surface area (Å²) in [5.74, 6) is 0.683. The molecule has 2 aromatic heterocycles. The van der Waals surface area contributed by atoms with Crippen LogP contribution in [-0.2, 0) is 24.1 Å². The number of fused-ring (bicyclic) bond motifs is 2. The molecule has 3 aromatic carbocycles. The van der Waals surface area contributed by atoms with E-state index in [1.807, 2.05) is 54.8 Å². The molecule has 0 saturated carbocycles. The number of aromatic nitrogens is 2. The van der Waals surface area contributed by atoms with Gasteiger partial charge in [0, 0.05) is 68.4 Å². The predicted octanol–water partition coefficient (Wildman–Crippen LogP) is 7.14. The van der Waals surface area contributed by atoms with E-state index in [9.17, 15) is 14.7 Å². The summed E-state index contributed by atoms with van der Waals surface area (Å²) in [7, 11) is 2.01. The van der Waals surface area contributed by atoms with E-state index in [1.165, 1.54) is 5.56 Å². The third-order valence-corrected chi connectivity index (χ3v) is 11.2. The Morgan fingerprint density at radius 3 is 2.43 bits per heavy atom. The monoisotopic (exact) mass is 766 g/mol. The third kappa shape index (κ3) is 7.07. The molecule has 3 aliphatic rings. The van der Waals surface area contributed by atoms with Crippen LogP contribution >= 0.6 is 24.0 Å². The van der Waals surface area contributed by atoms with E-state index in [2.05, 4.69) is 28.0 Å². The summed E-state index contributed by atoms with van der Waals surface area (Å²) in [6, 6.07) is 22.3. The van der Waals surface area contributed by atoms with Crippen molar-refractivity contribution >= 4 is 53.0 Å². The van der Waals surface area contributed by atoms with Crippen LogP contribution in [0, 0.1) is 13.8 Å². The molecule has 0 radical (unpaired) electrons.